The number of pyridine rings is 1. The second-order valence-electron chi connectivity index (χ2n) is 3.46. The van der Waals surface area contributed by atoms with E-state index in [0.717, 1.165) is 16.9 Å². The molecule has 0 fully saturated rings. The molecule has 0 aliphatic heterocycles. The Balaban J connectivity index is 2.24. The van der Waals surface area contributed by atoms with E-state index in [0.29, 0.717) is 0 Å². The molecule has 0 bridgehead atoms. The van der Waals surface area contributed by atoms with E-state index in [9.17, 15) is 5.11 Å². The zero-order valence-electron chi connectivity index (χ0n) is 9.00. The van der Waals surface area contributed by atoms with Crippen LogP contribution in [0.3, 0.4) is 0 Å². The van der Waals surface area contributed by atoms with E-state index in [4.69, 9.17) is 4.74 Å². The van der Waals surface area contributed by atoms with Crippen molar-refractivity contribution in [2.75, 3.05) is 7.11 Å². The highest BCUT2D eigenvalue weighted by molar-refractivity contribution is 5.32. The maximum Gasteiger partial charge on any atom is 0.118 e. The van der Waals surface area contributed by atoms with Crippen molar-refractivity contribution in [1.82, 2.24) is 4.98 Å². The summed E-state index contributed by atoms with van der Waals surface area (Å²) in [6.07, 6.45) is 2.71. The highest BCUT2D eigenvalue weighted by Gasteiger charge is 2.09. The van der Waals surface area contributed by atoms with Crippen LogP contribution in [0.4, 0.5) is 0 Å². The van der Waals surface area contributed by atoms with Crippen molar-refractivity contribution >= 4 is 0 Å². The zero-order valence-corrected chi connectivity index (χ0v) is 9.00. The molecule has 1 atom stereocenters. The Morgan fingerprint density at radius 1 is 1.12 bits per heavy atom. The van der Waals surface area contributed by atoms with Crippen molar-refractivity contribution in [1.29, 1.82) is 0 Å². The first kappa shape index (κ1) is 10.6. The van der Waals surface area contributed by atoms with Crippen LogP contribution in [0.15, 0.2) is 48.8 Å². The summed E-state index contributed by atoms with van der Waals surface area (Å²) >= 11 is 0. The van der Waals surface area contributed by atoms with E-state index in [1.807, 2.05) is 36.4 Å². The SMILES string of the molecule is COc1ccc(C(O)c2cccnc2)cc1. The van der Waals surface area contributed by atoms with Gasteiger partial charge >= 0.3 is 0 Å². The largest absolute Gasteiger partial charge is 0.497 e. The van der Waals surface area contributed by atoms with Crippen molar-refractivity contribution in [3.8, 4) is 5.75 Å². The Labute approximate surface area is 94.3 Å². The Hall–Kier alpha value is -1.87. The fraction of sp³-hybridized carbons (Fsp3) is 0.154. The van der Waals surface area contributed by atoms with Crippen LogP contribution < -0.4 is 4.74 Å². The summed E-state index contributed by atoms with van der Waals surface area (Å²) in [5.74, 6) is 0.780. The van der Waals surface area contributed by atoms with E-state index in [-0.39, 0.29) is 0 Å². The highest BCUT2D eigenvalue weighted by Crippen LogP contribution is 2.22. The molecule has 0 saturated heterocycles. The molecule has 0 aliphatic rings. The highest BCUT2D eigenvalue weighted by atomic mass is 16.5. The first-order valence-corrected chi connectivity index (χ1v) is 5.03. The summed E-state index contributed by atoms with van der Waals surface area (Å²) in [4.78, 5) is 3.98. The number of benzene rings is 1. The molecule has 1 aromatic carbocycles. The van der Waals surface area contributed by atoms with Gasteiger partial charge in [0.25, 0.3) is 0 Å². The molecule has 82 valence electrons. The number of rotatable bonds is 3. The maximum atomic E-state index is 10.1. The number of hydrogen-bond donors (Lipinski definition) is 1. The molecule has 0 aliphatic carbocycles. The molecule has 2 aromatic rings. The topological polar surface area (TPSA) is 42.4 Å². The van der Waals surface area contributed by atoms with Crippen LogP contribution in [-0.2, 0) is 0 Å². The number of hydrogen-bond acceptors (Lipinski definition) is 3. The second-order valence-corrected chi connectivity index (χ2v) is 3.46. The quantitative estimate of drug-likeness (QED) is 0.853. The third-order valence-corrected chi connectivity index (χ3v) is 2.43. The molecule has 1 aromatic heterocycles. The van der Waals surface area contributed by atoms with Crippen molar-refractivity contribution in [2.24, 2.45) is 0 Å². The van der Waals surface area contributed by atoms with Crippen LogP contribution >= 0.6 is 0 Å². The van der Waals surface area contributed by atoms with Crippen LogP contribution in [0.2, 0.25) is 0 Å². The van der Waals surface area contributed by atoms with Gasteiger partial charge in [0.05, 0.1) is 7.11 Å². The lowest BCUT2D eigenvalue weighted by atomic mass is 10.0. The first-order chi connectivity index (χ1) is 7.81. The van der Waals surface area contributed by atoms with Crippen LogP contribution in [-0.4, -0.2) is 17.2 Å². The number of nitrogens with zero attached hydrogens (tertiary/aromatic N) is 1. The van der Waals surface area contributed by atoms with Crippen LogP contribution in [0.1, 0.15) is 17.2 Å². The van der Waals surface area contributed by atoms with Gasteiger partial charge in [-0.3, -0.25) is 4.98 Å². The molecule has 0 saturated carbocycles. The summed E-state index contributed by atoms with van der Waals surface area (Å²) in [6, 6.07) is 11.0. The molecule has 16 heavy (non-hydrogen) atoms. The van der Waals surface area contributed by atoms with E-state index in [1.165, 1.54) is 0 Å². The van der Waals surface area contributed by atoms with Crippen LogP contribution in [0, 0.1) is 0 Å². The third kappa shape index (κ3) is 2.20. The summed E-state index contributed by atoms with van der Waals surface area (Å²) in [6.45, 7) is 0. The predicted octanol–water partition coefficient (Wildman–Crippen LogP) is 2.17. The van der Waals surface area contributed by atoms with Gasteiger partial charge in [-0.2, -0.15) is 0 Å². The standard InChI is InChI=1S/C13H13NO2/c1-16-12-6-4-10(5-7-12)13(15)11-3-2-8-14-9-11/h2-9,13,15H,1H3. The fourth-order valence-electron chi connectivity index (χ4n) is 1.52. The Bertz CT molecular complexity index is 439. The van der Waals surface area contributed by atoms with Crippen molar-refractivity contribution in [3.63, 3.8) is 0 Å². The van der Waals surface area contributed by atoms with Gasteiger partial charge in [0, 0.05) is 18.0 Å². The molecule has 1 heterocycles. The second kappa shape index (κ2) is 4.77. The first-order valence-electron chi connectivity index (χ1n) is 5.03. The number of methoxy groups -OCH3 is 1. The minimum Gasteiger partial charge on any atom is -0.497 e. The Kier molecular flexibility index (Phi) is 3.17. The summed E-state index contributed by atoms with van der Waals surface area (Å²) in [7, 11) is 1.62. The lowest BCUT2D eigenvalue weighted by Gasteiger charge is -2.11. The van der Waals surface area contributed by atoms with E-state index in [1.54, 1.807) is 19.5 Å². The molecule has 1 N–H and O–H groups in total. The number of aromatic nitrogens is 1. The zero-order chi connectivity index (χ0) is 11.4. The van der Waals surface area contributed by atoms with Gasteiger partial charge in [0.15, 0.2) is 0 Å². The third-order valence-electron chi connectivity index (χ3n) is 2.43. The van der Waals surface area contributed by atoms with Crippen LogP contribution in [0.5, 0.6) is 5.75 Å². The number of aliphatic hydroxyl groups excluding tert-OH is 1. The minimum atomic E-state index is -0.639. The lowest BCUT2D eigenvalue weighted by molar-refractivity contribution is 0.220. The van der Waals surface area contributed by atoms with Gasteiger partial charge in [-0.1, -0.05) is 18.2 Å². The Morgan fingerprint density at radius 2 is 1.88 bits per heavy atom. The molecule has 1 unspecified atom stereocenters. The minimum absolute atomic E-state index is 0.639. The molecule has 0 amide bonds. The smallest absolute Gasteiger partial charge is 0.118 e. The van der Waals surface area contributed by atoms with Gasteiger partial charge in [-0.05, 0) is 23.8 Å². The molecule has 2 rings (SSSR count). The van der Waals surface area contributed by atoms with Crippen molar-refractivity contribution in [3.05, 3.63) is 59.9 Å². The van der Waals surface area contributed by atoms with Gasteiger partial charge in [0.1, 0.15) is 11.9 Å². The summed E-state index contributed by atoms with van der Waals surface area (Å²) in [5, 5.41) is 10.1. The summed E-state index contributed by atoms with van der Waals surface area (Å²) in [5.41, 5.74) is 1.61. The van der Waals surface area contributed by atoms with Gasteiger partial charge in [-0.15, -0.1) is 0 Å². The monoisotopic (exact) mass is 215 g/mol. The van der Waals surface area contributed by atoms with Crippen LogP contribution in [0.25, 0.3) is 0 Å². The molecule has 3 nitrogen and oxygen atoms in total. The predicted molar refractivity (Wildman–Crippen MR) is 61.3 cm³/mol. The Morgan fingerprint density at radius 3 is 2.44 bits per heavy atom. The van der Waals surface area contributed by atoms with Crippen molar-refractivity contribution < 1.29 is 9.84 Å². The molecule has 3 heteroatoms. The van der Waals surface area contributed by atoms with Gasteiger partial charge in [0.2, 0.25) is 0 Å². The molecular formula is C13H13NO2. The maximum absolute atomic E-state index is 10.1. The molecule has 0 spiro atoms. The number of aliphatic hydroxyl groups is 1. The van der Waals surface area contributed by atoms with Gasteiger partial charge in [-0.25, -0.2) is 0 Å². The average Bonchev–Trinajstić information content (AvgIpc) is 2.39. The fourth-order valence-corrected chi connectivity index (χ4v) is 1.52. The lowest BCUT2D eigenvalue weighted by Crippen LogP contribution is -1.99. The normalized spacial score (nSPS) is 12.1. The molecule has 0 radical (unpaired) electrons. The average molecular weight is 215 g/mol. The van der Waals surface area contributed by atoms with E-state index >= 15 is 0 Å². The van der Waals surface area contributed by atoms with Crippen molar-refractivity contribution in [2.45, 2.75) is 6.10 Å². The summed E-state index contributed by atoms with van der Waals surface area (Å²) < 4.78 is 5.06. The van der Waals surface area contributed by atoms with E-state index in [2.05, 4.69) is 4.98 Å². The number of ether oxygens (including phenoxy) is 1. The molecular weight excluding hydrogens is 202 g/mol. The van der Waals surface area contributed by atoms with Gasteiger partial charge < -0.3 is 9.84 Å². The van der Waals surface area contributed by atoms with E-state index < -0.39 is 6.10 Å².